The van der Waals surface area contributed by atoms with E-state index in [4.69, 9.17) is 13.6 Å². The number of rotatable bonds is 4. The average molecular weight is 111 g/mol. The molecular weight excluding hydrogens is 96.9 g/mol. The first-order chi connectivity index (χ1) is 3.77. The van der Waals surface area contributed by atoms with Crippen LogP contribution in [0.1, 0.15) is 26.2 Å². The number of nitrogens with two attached hydrogens (primary N) is 1. The van der Waals surface area contributed by atoms with E-state index in [1.165, 1.54) is 6.42 Å². The maximum absolute atomic E-state index is 5.49. The van der Waals surface area contributed by atoms with Crippen LogP contribution in [0, 0.1) is 0 Å². The van der Waals surface area contributed by atoms with Gasteiger partial charge in [-0.3, -0.25) is 0 Å². The molecule has 0 heterocycles. The highest BCUT2D eigenvalue weighted by Gasteiger charge is 1.90. The Balaban J connectivity index is 2.72. The molecule has 8 heavy (non-hydrogen) atoms. The Morgan fingerprint density at radius 1 is 1.50 bits per heavy atom. The van der Waals surface area contributed by atoms with Gasteiger partial charge in [0.25, 0.3) is 0 Å². The Bertz CT molecular complexity index is 45.8. The molecule has 2 radical (unpaired) electrons. The molecule has 1 nitrogen and oxygen atoms in total. The lowest BCUT2D eigenvalue weighted by Crippen LogP contribution is -1.98. The Kier molecular flexibility index (Phi) is 5.18. The summed E-state index contributed by atoms with van der Waals surface area (Å²) in [5, 5.41) is 0. The molecule has 0 unspecified atom stereocenters. The van der Waals surface area contributed by atoms with Gasteiger partial charge in [-0.2, -0.15) is 0 Å². The van der Waals surface area contributed by atoms with Gasteiger partial charge in [0.15, 0.2) is 0 Å². The topological polar surface area (TPSA) is 26.0 Å². The van der Waals surface area contributed by atoms with E-state index in [0.29, 0.717) is 5.82 Å². The molecule has 0 aliphatic heterocycles. The van der Waals surface area contributed by atoms with Crippen molar-refractivity contribution in [1.29, 1.82) is 0 Å². The predicted molar refractivity (Wildman–Crippen MR) is 38.1 cm³/mol. The highest BCUT2D eigenvalue weighted by atomic mass is 14.5. The van der Waals surface area contributed by atoms with Crippen LogP contribution in [0.5, 0.6) is 0 Å². The van der Waals surface area contributed by atoms with E-state index in [1.807, 2.05) is 6.92 Å². The first-order valence-corrected chi connectivity index (χ1v) is 3.23. The summed E-state index contributed by atoms with van der Waals surface area (Å²) < 4.78 is 0. The van der Waals surface area contributed by atoms with Crippen molar-refractivity contribution in [3.05, 3.63) is 0 Å². The molecule has 0 aliphatic carbocycles. The molecule has 1 atom stereocenters. The van der Waals surface area contributed by atoms with Crippen molar-refractivity contribution >= 4 is 7.85 Å². The largest absolute Gasteiger partial charge is 0.330 e. The first-order valence-electron chi connectivity index (χ1n) is 3.23. The smallest absolute Gasteiger partial charge is 0.0695 e. The first kappa shape index (κ1) is 8.02. The summed E-state index contributed by atoms with van der Waals surface area (Å²) in [6.07, 6.45) is 3.40. The molecule has 0 saturated heterocycles. The third-order valence-electron chi connectivity index (χ3n) is 1.11. The highest BCUT2D eigenvalue weighted by molar-refractivity contribution is 6.11. The van der Waals surface area contributed by atoms with E-state index in [9.17, 15) is 0 Å². The average Bonchev–Trinajstić information content (AvgIpc) is 1.66. The van der Waals surface area contributed by atoms with E-state index in [-0.39, 0.29) is 0 Å². The fourth-order valence-corrected chi connectivity index (χ4v) is 0.611. The monoisotopic (exact) mass is 111 g/mol. The second-order valence-corrected chi connectivity index (χ2v) is 2.26. The number of hydrogen-bond acceptors (Lipinski definition) is 1. The Labute approximate surface area is 53.1 Å². The zero-order chi connectivity index (χ0) is 6.41. The zero-order valence-electron chi connectivity index (χ0n) is 5.56. The molecule has 0 aromatic heterocycles. The molecular formula is C6H14BN. The molecule has 0 aliphatic rings. The second-order valence-electron chi connectivity index (χ2n) is 2.26. The Morgan fingerprint density at radius 2 is 2.12 bits per heavy atom. The van der Waals surface area contributed by atoms with E-state index in [1.54, 1.807) is 0 Å². The van der Waals surface area contributed by atoms with Crippen molar-refractivity contribution < 1.29 is 0 Å². The van der Waals surface area contributed by atoms with Crippen LogP contribution in [0.4, 0.5) is 0 Å². The number of hydrogen-bond donors (Lipinski definition) is 1. The van der Waals surface area contributed by atoms with Gasteiger partial charge in [0, 0.05) is 0 Å². The van der Waals surface area contributed by atoms with Crippen LogP contribution in [-0.2, 0) is 0 Å². The van der Waals surface area contributed by atoms with Crippen LogP contribution in [0.25, 0.3) is 0 Å². The van der Waals surface area contributed by atoms with Gasteiger partial charge >= 0.3 is 0 Å². The summed E-state index contributed by atoms with van der Waals surface area (Å²) in [5.41, 5.74) is 5.27. The molecule has 0 amide bonds. The minimum Gasteiger partial charge on any atom is -0.330 e. The Hall–Kier alpha value is 0.0249. The van der Waals surface area contributed by atoms with Gasteiger partial charge in [-0.15, -0.1) is 0 Å². The molecule has 0 bridgehead atoms. The van der Waals surface area contributed by atoms with Crippen LogP contribution < -0.4 is 5.73 Å². The van der Waals surface area contributed by atoms with Gasteiger partial charge in [0.05, 0.1) is 7.85 Å². The van der Waals surface area contributed by atoms with Crippen LogP contribution in [-0.4, -0.2) is 14.4 Å². The maximum Gasteiger partial charge on any atom is 0.0695 e. The van der Waals surface area contributed by atoms with Gasteiger partial charge in [-0.05, 0) is 13.0 Å². The molecule has 0 aromatic carbocycles. The standard InChI is InChI=1S/C6H14BN/c1-6(7)4-2-3-5-8/h6H,2-5,8H2,1H3/t6-/m1/s1. The molecule has 46 valence electrons. The zero-order valence-corrected chi connectivity index (χ0v) is 5.56. The molecule has 0 fully saturated rings. The summed E-state index contributed by atoms with van der Waals surface area (Å²) in [6, 6.07) is 0. The SMILES string of the molecule is [B][C@H](C)CCCCN. The van der Waals surface area contributed by atoms with Gasteiger partial charge in [-0.25, -0.2) is 0 Å². The summed E-state index contributed by atoms with van der Waals surface area (Å²) in [4.78, 5) is 0. The van der Waals surface area contributed by atoms with Crippen molar-refractivity contribution in [1.82, 2.24) is 0 Å². The minimum atomic E-state index is 0.349. The molecule has 2 heteroatoms. The third kappa shape index (κ3) is 6.02. The van der Waals surface area contributed by atoms with Gasteiger partial charge < -0.3 is 5.73 Å². The summed E-state index contributed by atoms with van der Waals surface area (Å²) in [6.45, 7) is 2.82. The Morgan fingerprint density at radius 3 is 2.50 bits per heavy atom. The summed E-state index contributed by atoms with van der Waals surface area (Å²) in [7, 11) is 5.49. The van der Waals surface area contributed by atoms with E-state index < -0.39 is 0 Å². The molecule has 0 rings (SSSR count). The van der Waals surface area contributed by atoms with Crippen LogP contribution in [0.15, 0.2) is 0 Å². The third-order valence-corrected chi connectivity index (χ3v) is 1.11. The second kappa shape index (κ2) is 5.17. The van der Waals surface area contributed by atoms with Crippen molar-refractivity contribution in [2.75, 3.05) is 6.54 Å². The normalized spacial score (nSPS) is 13.8. The summed E-state index contributed by atoms with van der Waals surface area (Å²) >= 11 is 0. The van der Waals surface area contributed by atoms with E-state index in [2.05, 4.69) is 0 Å². The predicted octanol–water partition coefficient (Wildman–Crippen LogP) is 1.09. The quantitative estimate of drug-likeness (QED) is 0.426. The van der Waals surface area contributed by atoms with Crippen LogP contribution in [0.2, 0.25) is 5.82 Å². The lowest BCUT2D eigenvalue weighted by atomic mass is 9.85. The minimum absolute atomic E-state index is 0.349. The van der Waals surface area contributed by atoms with Crippen molar-refractivity contribution in [3.63, 3.8) is 0 Å². The van der Waals surface area contributed by atoms with Gasteiger partial charge in [0.2, 0.25) is 0 Å². The molecule has 0 spiro atoms. The summed E-state index contributed by atoms with van der Waals surface area (Å²) in [5.74, 6) is 0.349. The fraction of sp³-hybridized carbons (Fsp3) is 1.00. The maximum atomic E-state index is 5.49. The van der Waals surface area contributed by atoms with Gasteiger partial charge in [-0.1, -0.05) is 25.6 Å². The van der Waals surface area contributed by atoms with Crippen molar-refractivity contribution in [2.24, 2.45) is 5.73 Å². The van der Waals surface area contributed by atoms with Crippen LogP contribution >= 0.6 is 0 Å². The lowest BCUT2D eigenvalue weighted by Gasteiger charge is -2.00. The highest BCUT2D eigenvalue weighted by Crippen LogP contribution is 2.07. The van der Waals surface area contributed by atoms with Crippen molar-refractivity contribution in [3.8, 4) is 0 Å². The van der Waals surface area contributed by atoms with Crippen LogP contribution in [0.3, 0.4) is 0 Å². The fourth-order valence-electron chi connectivity index (χ4n) is 0.611. The van der Waals surface area contributed by atoms with E-state index in [0.717, 1.165) is 19.4 Å². The van der Waals surface area contributed by atoms with Gasteiger partial charge in [0.1, 0.15) is 0 Å². The lowest BCUT2D eigenvalue weighted by molar-refractivity contribution is 0.673. The number of unbranched alkanes of at least 4 members (excludes halogenated alkanes) is 1. The molecule has 0 aromatic rings. The molecule has 0 saturated carbocycles. The molecule has 2 N–H and O–H groups in total. The van der Waals surface area contributed by atoms with Crippen molar-refractivity contribution in [2.45, 2.75) is 32.0 Å². The van der Waals surface area contributed by atoms with E-state index >= 15 is 0 Å².